The molecule has 1 fully saturated rings. The van der Waals surface area contributed by atoms with Gasteiger partial charge in [-0.3, -0.25) is 14.7 Å². The van der Waals surface area contributed by atoms with E-state index < -0.39 is 16.3 Å². The van der Waals surface area contributed by atoms with Crippen LogP contribution < -0.4 is 9.08 Å². The van der Waals surface area contributed by atoms with E-state index in [9.17, 15) is 14.3 Å². The van der Waals surface area contributed by atoms with Gasteiger partial charge in [0.2, 0.25) is 0 Å². The Bertz CT molecular complexity index is 502. The molecule has 1 saturated heterocycles. The van der Waals surface area contributed by atoms with E-state index in [1.54, 1.807) is 6.07 Å². The topological polar surface area (TPSA) is 92.9 Å². The van der Waals surface area contributed by atoms with Crippen molar-refractivity contribution in [1.29, 1.82) is 0 Å². The van der Waals surface area contributed by atoms with Crippen molar-refractivity contribution in [3.05, 3.63) is 28.3 Å². The van der Waals surface area contributed by atoms with E-state index in [0.29, 0.717) is 5.69 Å². The van der Waals surface area contributed by atoms with Crippen molar-refractivity contribution < 1.29 is 17.9 Å². The predicted octanol–water partition coefficient (Wildman–Crippen LogP) is 2.10. The minimum Gasteiger partial charge on any atom is -0.380 e. The van der Waals surface area contributed by atoms with Crippen LogP contribution in [0, 0.1) is 10.1 Å². The zero-order valence-electron chi connectivity index (χ0n) is 10.2. The summed E-state index contributed by atoms with van der Waals surface area (Å²) in [5.41, 5.74) is 0.422. The quantitative estimate of drug-likeness (QED) is 0.517. The van der Waals surface area contributed by atoms with Gasteiger partial charge in [-0.25, -0.2) is 0 Å². The lowest BCUT2D eigenvalue weighted by atomic mass is 10.1. The molecule has 0 saturated carbocycles. The van der Waals surface area contributed by atoms with Crippen molar-refractivity contribution in [2.24, 2.45) is 0 Å². The third kappa shape index (κ3) is 3.42. The Morgan fingerprint density at radius 1 is 1.32 bits per heavy atom. The molecule has 0 radical (unpaired) electrons. The highest BCUT2D eigenvalue weighted by atomic mass is 32.2. The molecule has 1 aromatic rings. The molecule has 0 spiro atoms. The minimum atomic E-state index is -2.49. The molecule has 0 amide bonds. The standard InChI is InChI=1S/C11H14N2O5S/c14-13(15)11-8-9(18-19(16)17)4-5-10(11)12-6-2-1-3-7-12/h4-5,8H,1-3,6-7H2,(H,16,17). The highest BCUT2D eigenvalue weighted by molar-refractivity contribution is 7.74. The third-order valence-electron chi connectivity index (χ3n) is 3.01. The summed E-state index contributed by atoms with van der Waals surface area (Å²) in [6.07, 6.45) is 3.15. The molecular weight excluding hydrogens is 272 g/mol. The molecule has 2 rings (SSSR count). The molecule has 0 aromatic heterocycles. The number of benzene rings is 1. The van der Waals surface area contributed by atoms with Crippen molar-refractivity contribution >= 4 is 22.7 Å². The van der Waals surface area contributed by atoms with Crippen molar-refractivity contribution in [3.8, 4) is 5.75 Å². The summed E-state index contributed by atoms with van der Waals surface area (Å²) in [6, 6.07) is 4.20. The van der Waals surface area contributed by atoms with Gasteiger partial charge in [0.15, 0.2) is 0 Å². The molecule has 1 unspecified atom stereocenters. The fourth-order valence-corrected chi connectivity index (χ4v) is 2.45. The fourth-order valence-electron chi connectivity index (χ4n) is 2.19. The lowest BCUT2D eigenvalue weighted by Crippen LogP contribution is -2.29. The summed E-state index contributed by atoms with van der Waals surface area (Å²) >= 11 is -2.49. The molecule has 1 aliphatic rings. The molecule has 7 nitrogen and oxygen atoms in total. The van der Waals surface area contributed by atoms with Crippen LogP contribution >= 0.6 is 0 Å². The van der Waals surface area contributed by atoms with E-state index in [2.05, 4.69) is 4.18 Å². The largest absolute Gasteiger partial charge is 0.380 e. The molecule has 0 aliphatic carbocycles. The maximum Gasteiger partial charge on any atom is 0.357 e. The van der Waals surface area contributed by atoms with Gasteiger partial charge in [0.25, 0.3) is 5.69 Å². The summed E-state index contributed by atoms with van der Waals surface area (Å²) in [5.74, 6) is 0.00768. The van der Waals surface area contributed by atoms with Crippen molar-refractivity contribution in [2.45, 2.75) is 19.3 Å². The van der Waals surface area contributed by atoms with Crippen LogP contribution in [0.4, 0.5) is 11.4 Å². The Hall–Kier alpha value is -1.67. The number of hydrogen-bond donors (Lipinski definition) is 1. The highest BCUT2D eigenvalue weighted by Crippen LogP contribution is 2.33. The molecule has 1 heterocycles. The van der Waals surface area contributed by atoms with Crippen molar-refractivity contribution in [2.75, 3.05) is 18.0 Å². The lowest BCUT2D eigenvalue weighted by molar-refractivity contribution is -0.384. The smallest absolute Gasteiger partial charge is 0.357 e. The van der Waals surface area contributed by atoms with E-state index in [1.807, 2.05) is 4.90 Å². The number of nitro groups is 1. The van der Waals surface area contributed by atoms with E-state index >= 15 is 0 Å². The average molecular weight is 286 g/mol. The Morgan fingerprint density at radius 3 is 2.58 bits per heavy atom. The van der Waals surface area contributed by atoms with Crippen LogP contribution in [0.15, 0.2) is 18.2 Å². The van der Waals surface area contributed by atoms with E-state index in [1.165, 1.54) is 12.1 Å². The van der Waals surface area contributed by atoms with E-state index in [4.69, 9.17) is 4.55 Å². The van der Waals surface area contributed by atoms with Crippen molar-refractivity contribution in [1.82, 2.24) is 0 Å². The molecule has 1 atom stereocenters. The van der Waals surface area contributed by atoms with E-state index in [0.717, 1.165) is 32.4 Å². The first-order chi connectivity index (χ1) is 9.08. The molecular formula is C11H14N2O5S. The molecule has 1 aliphatic heterocycles. The summed E-state index contributed by atoms with van der Waals surface area (Å²) in [6.45, 7) is 1.57. The maximum absolute atomic E-state index is 11.1. The summed E-state index contributed by atoms with van der Waals surface area (Å²) in [5, 5.41) is 11.1. The second-order valence-corrected chi connectivity index (χ2v) is 4.86. The van der Waals surface area contributed by atoms with Gasteiger partial charge in [-0.05, 0) is 31.4 Å². The van der Waals surface area contributed by atoms with Crippen LogP contribution in [0.25, 0.3) is 0 Å². The molecule has 0 bridgehead atoms. The Labute approximate surface area is 112 Å². The van der Waals surface area contributed by atoms with Crippen LogP contribution in [0.5, 0.6) is 5.75 Å². The minimum absolute atomic E-state index is 0.00768. The Kier molecular flexibility index (Phi) is 4.33. The molecule has 1 N–H and O–H groups in total. The first-order valence-corrected chi connectivity index (χ1v) is 6.93. The summed E-state index contributed by atoms with van der Waals surface area (Å²) in [4.78, 5) is 12.5. The van der Waals surface area contributed by atoms with Crippen LogP contribution in [-0.2, 0) is 11.4 Å². The second kappa shape index (κ2) is 5.98. The van der Waals surface area contributed by atoms with Crippen LogP contribution in [0.2, 0.25) is 0 Å². The van der Waals surface area contributed by atoms with Gasteiger partial charge in [-0.2, -0.15) is 4.21 Å². The van der Waals surface area contributed by atoms with Gasteiger partial charge in [-0.15, -0.1) is 0 Å². The first kappa shape index (κ1) is 13.8. The van der Waals surface area contributed by atoms with Crippen molar-refractivity contribution in [3.63, 3.8) is 0 Å². The number of piperidine rings is 1. The second-order valence-electron chi connectivity index (χ2n) is 4.26. The average Bonchev–Trinajstić information content (AvgIpc) is 2.39. The Morgan fingerprint density at radius 2 is 2.00 bits per heavy atom. The predicted molar refractivity (Wildman–Crippen MR) is 70.6 cm³/mol. The maximum atomic E-state index is 11.1. The van der Waals surface area contributed by atoms with Crippen LogP contribution in [0.3, 0.4) is 0 Å². The SMILES string of the molecule is O=[N+]([O-])c1cc(OS(=O)O)ccc1N1CCCCC1. The van der Waals surface area contributed by atoms with E-state index in [-0.39, 0.29) is 11.4 Å². The normalized spacial score (nSPS) is 17.0. The molecule has 8 heteroatoms. The number of anilines is 1. The molecule has 104 valence electrons. The van der Waals surface area contributed by atoms with Gasteiger partial charge < -0.3 is 9.08 Å². The number of rotatable bonds is 4. The zero-order chi connectivity index (χ0) is 13.8. The van der Waals surface area contributed by atoms with Gasteiger partial charge in [0, 0.05) is 13.1 Å². The van der Waals surface area contributed by atoms with Crippen LogP contribution in [-0.4, -0.2) is 26.8 Å². The van der Waals surface area contributed by atoms with Gasteiger partial charge in [0.05, 0.1) is 11.0 Å². The lowest BCUT2D eigenvalue weighted by Gasteiger charge is -2.28. The third-order valence-corrected chi connectivity index (χ3v) is 3.34. The first-order valence-electron chi connectivity index (χ1n) is 5.90. The number of hydrogen-bond acceptors (Lipinski definition) is 5. The summed E-state index contributed by atoms with van der Waals surface area (Å²) < 4.78 is 23.7. The molecule has 19 heavy (non-hydrogen) atoms. The molecule has 1 aromatic carbocycles. The Balaban J connectivity index is 2.31. The monoisotopic (exact) mass is 286 g/mol. The number of nitro benzene ring substituents is 1. The highest BCUT2D eigenvalue weighted by Gasteiger charge is 2.22. The van der Waals surface area contributed by atoms with Gasteiger partial charge >= 0.3 is 11.4 Å². The van der Waals surface area contributed by atoms with Gasteiger partial charge in [0.1, 0.15) is 11.4 Å². The fraction of sp³-hybridized carbons (Fsp3) is 0.455. The van der Waals surface area contributed by atoms with Gasteiger partial charge in [-0.1, -0.05) is 0 Å². The summed E-state index contributed by atoms with van der Waals surface area (Å²) in [7, 11) is 0. The zero-order valence-corrected chi connectivity index (χ0v) is 11.0. The van der Waals surface area contributed by atoms with Crippen LogP contribution in [0.1, 0.15) is 19.3 Å². The number of nitrogens with zero attached hydrogens (tertiary/aromatic N) is 2.